The Morgan fingerprint density at radius 3 is 2.23 bits per heavy atom. The first-order valence-corrected chi connectivity index (χ1v) is 4.85. The summed E-state index contributed by atoms with van der Waals surface area (Å²) >= 11 is 0. The van der Waals surface area contributed by atoms with Crippen LogP contribution in [0.15, 0.2) is 5.16 Å². The van der Waals surface area contributed by atoms with Crippen LogP contribution in [-0.2, 0) is 0 Å². The van der Waals surface area contributed by atoms with Gasteiger partial charge in [-0.1, -0.05) is 25.9 Å². The van der Waals surface area contributed by atoms with Gasteiger partial charge in [0, 0.05) is 10.8 Å². The second-order valence-corrected chi connectivity index (χ2v) is 5.21. The maximum absolute atomic E-state index is 9.98. The summed E-state index contributed by atoms with van der Waals surface area (Å²) in [7, 11) is 0. The number of hydrogen-bond donors (Lipinski definition) is 2. The fourth-order valence-electron chi connectivity index (χ4n) is 3.28. The van der Waals surface area contributed by atoms with Gasteiger partial charge in [-0.05, 0) is 18.8 Å². The molecule has 0 bridgehead atoms. The van der Waals surface area contributed by atoms with E-state index in [1.54, 1.807) is 0 Å². The number of oxime groups is 1. The van der Waals surface area contributed by atoms with Crippen LogP contribution in [0, 0.1) is 16.7 Å². The standard InChI is InChI=1S/C10H17NO2/c1-9(2)6-4-5-10(6,3)8(12)7(9)11-13/h6,8,12-13H,4-5H2,1-3H3. The van der Waals surface area contributed by atoms with Gasteiger partial charge in [0.05, 0.1) is 5.71 Å². The fraction of sp³-hybridized carbons (Fsp3) is 0.900. The maximum atomic E-state index is 9.98. The molecule has 2 aliphatic rings. The molecule has 2 aliphatic carbocycles. The van der Waals surface area contributed by atoms with E-state index < -0.39 is 6.10 Å². The Kier molecular flexibility index (Phi) is 1.57. The second-order valence-electron chi connectivity index (χ2n) is 5.21. The molecule has 0 radical (unpaired) electrons. The Labute approximate surface area is 78.4 Å². The lowest BCUT2D eigenvalue weighted by Crippen LogP contribution is -2.43. The molecule has 0 heterocycles. The molecule has 74 valence electrons. The number of aliphatic hydroxyl groups is 1. The van der Waals surface area contributed by atoms with E-state index in [2.05, 4.69) is 25.9 Å². The first kappa shape index (κ1) is 9.00. The van der Waals surface area contributed by atoms with Gasteiger partial charge in [0.25, 0.3) is 0 Å². The Morgan fingerprint density at radius 1 is 1.38 bits per heavy atom. The minimum absolute atomic E-state index is 0.0366. The van der Waals surface area contributed by atoms with Crippen molar-refractivity contribution in [1.82, 2.24) is 0 Å². The van der Waals surface area contributed by atoms with E-state index in [1.807, 2.05) is 0 Å². The van der Waals surface area contributed by atoms with E-state index in [0.29, 0.717) is 11.6 Å². The van der Waals surface area contributed by atoms with Crippen molar-refractivity contribution in [1.29, 1.82) is 0 Å². The van der Waals surface area contributed by atoms with Crippen LogP contribution in [0.5, 0.6) is 0 Å². The topological polar surface area (TPSA) is 52.8 Å². The molecular weight excluding hydrogens is 166 g/mol. The zero-order chi connectivity index (χ0) is 9.85. The predicted octanol–water partition coefficient (Wildman–Crippen LogP) is 1.63. The molecule has 3 atom stereocenters. The Hall–Kier alpha value is -0.570. The number of nitrogens with zero attached hydrogens (tertiary/aromatic N) is 1. The number of fused-ring (bicyclic) bond motifs is 1. The average molecular weight is 183 g/mol. The number of rotatable bonds is 0. The van der Waals surface area contributed by atoms with E-state index in [0.717, 1.165) is 12.8 Å². The largest absolute Gasteiger partial charge is 0.411 e. The summed E-state index contributed by atoms with van der Waals surface area (Å²) in [6.45, 7) is 6.20. The van der Waals surface area contributed by atoms with Crippen LogP contribution < -0.4 is 0 Å². The van der Waals surface area contributed by atoms with Gasteiger partial charge in [-0.25, -0.2) is 0 Å². The summed E-state index contributed by atoms with van der Waals surface area (Å²) in [5.74, 6) is 0.473. The molecule has 2 fully saturated rings. The van der Waals surface area contributed by atoms with Gasteiger partial charge in [0.1, 0.15) is 6.10 Å². The highest BCUT2D eigenvalue weighted by atomic mass is 16.4. The van der Waals surface area contributed by atoms with Gasteiger partial charge in [0.15, 0.2) is 0 Å². The van der Waals surface area contributed by atoms with E-state index in [4.69, 9.17) is 5.21 Å². The Morgan fingerprint density at radius 2 is 2.00 bits per heavy atom. The van der Waals surface area contributed by atoms with Crippen molar-refractivity contribution in [2.75, 3.05) is 0 Å². The lowest BCUT2D eigenvalue weighted by atomic mass is 9.57. The van der Waals surface area contributed by atoms with Crippen LogP contribution in [0.2, 0.25) is 0 Å². The zero-order valence-electron chi connectivity index (χ0n) is 8.41. The van der Waals surface area contributed by atoms with Crippen molar-refractivity contribution in [3.63, 3.8) is 0 Å². The van der Waals surface area contributed by atoms with Crippen molar-refractivity contribution in [2.45, 2.75) is 39.7 Å². The molecule has 0 aliphatic heterocycles. The van der Waals surface area contributed by atoms with Crippen molar-refractivity contribution in [3.05, 3.63) is 0 Å². The van der Waals surface area contributed by atoms with Crippen molar-refractivity contribution in [2.24, 2.45) is 21.9 Å². The molecule has 3 heteroatoms. The molecular formula is C10H17NO2. The van der Waals surface area contributed by atoms with Crippen molar-refractivity contribution >= 4 is 5.71 Å². The smallest absolute Gasteiger partial charge is 0.102 e. The summed E-state index contributed by atoms with van der Waals surface area (Å²) in [6, 6.07) is 0. The Bertz CT molecular complexity index is 272. The summed E-state index contributed by atoms with van der Waals surface area (Å²) in [5, 5.41) is 22.1. The SMILES string of the molecule is CC1(C)C(=NO)C(O)C2(C)CCC12. The lowest BCUT2D eigenvalue weighted by molar-refractivity contribution is -0.0385. The van der Waals surface area contributed by atoms with E-state index in [9.17, 15) is 5.11 Å². The summed E-state index contributed by atoms with van der Waals surface area (Å²) in [6.07, 6.45) is 1.63. The highest BCUT2D eigenvalue weighted by molar-refractivity contribution is 5.96. The highest BCUT2D eigenvalue weighted by Gasteiger charge is 2.64. The van der Waals surface area contributed by atoms with Crippen LogP contribution in [-0.4, -0.2) is 22.1 Å². The molecule has 13 heavy (non-hydrogen) atoms. The number of hydrogen-bond acceptors (Lipinski definition) is 3. The molecule has 3 unspecified atom stereocenters. The Balaban J connectivity index is 2.45. The van der Waals surface area contributed by atoms with Crippen LogP contribution in [0.25, 0.3) is 0 Å². The zero-order valence-corrected chi connectivity index (χ0v) is 8.41. The summed E-state index contributed by atoms with van der Waals surface area (Å²) < 4.78 is 0. The van der Waals surface area contributed by atoms with Gasteiger partial charge in [-0.3, -0.25) is 0 Å². The maximum Gasteiger partial charge on any atom is 0.102 e. The normalized spacial score (nSPS) is 50.3. The molecule has 0 aromatic rings. The molecule has 0 aromatic carbocycles. The highest BCUT2D eigenvalue weighted by Crippen LogP contribution is 2.63. The van der Waals surface area contributed by atoms with E-state index in [-0.39, 0.29) is 10.8 Å². The van der Waals surface area contributed by atoms with Crippen LogP contribution >= 0.6 is 0 Å². The van der Waals surface area contributed by atoms with E-state index >= 15 is 0 Å². The quantitative estimate of drug-likeness (QED) is 0.443. The molecule has 2 N–H and O–H groups in total. The first-order valence-electron chi connectivity index (χ1n) is 4.85. The summed E-state index contributed by atoms with van der Waals surface area (Å²) in [4.78, 5) is 0. The molecule has 3 nitrogen and oxygen atoms in total. The van der Waals surface area contributed by atoms with Gasteiger partial charge in [-0.15, -0.1) is 0 Å². The van der Waals surface area contributed by atoms with Gasteiger partial charge < -0.3 is 10.3 Å². The van der Waals surface area contributed by atoms with E-state index in [1.165, 1.54) is 0 Å². The van der Waals surface area contributed by atoms with Crippen LogP contribution in [0.3, 0.4) is 0 Å². The third kappa shape index (κ3) is 0.810. The van der Waals surface area contributed by atoms with Gasteiger partial charge in [0.2, 0.25) is 0 Å². The lowest BCUT2D eigenvalue weighted by Gasteiger charge is -2.47. The second kappa shape index (κ2) is 2.27. The number of aliphatic hydroxyl groups excluding tert-OH is 1. The third-order valence-electron chi connectivity index (χ3n) is 4.29. The summed E-state index contributed by atoms with van der Waals surface area (Å²) in [5.41, 5.74) is 0.393. The molecule has 0 saturated heterocycles. The fourth-order valence-corrected chi connectivity index (χ4v) is 3.28. The molecule has 0 amide bonds. The third-order valence-corrected chi connectivity index (χ3v) is 4.29. The minimum Gasteiger partial charge on any atom is -0.411 e. The minimum atomic E-state index is -0.550. The van der Waals surface area contributed by atoms with Crippen molar-refractivity contribution < 1.29 is 10.3 Å². The predicted molar refractivity (Wildman–Crippen MR) is 49.8 cm³/mol. The first-order chi connectivity index (χ1) is 5.94. The molecule has 0 aromatic heterocycles. The molecule has 2 saturated carbocycles. The molecule has 0 spiro atoms. The monoisotopic (exact) mass is 183 g/mol. The van der Waals surface area contributed by atoms with Crippen molar-refractivity contribution in [3.8, 4) is 0 Å². The van der Waals surface area contributed by atoms with Gasteiger partial charge in [-0.2, -0.15) is 0 Å². The van der Waals surface area contributed by atoms with Gasteiger partial charge >= 0.3 is 0 Å². The van der Waals surface area contributed by atoms with Crippen LogP contribution in [0.4, 0.5) is 0 Å². The average Bonchev–Trinajstić information content (AvgIpc) is 2.07. The van der Waals surface area contributed by atoms with Crippen LogP contribution in [0.1, 0.15) is 33.6 Å². The molecule has 2 rings (SSSR count).